The average molecular weight is 370 g/mol. The zero-order valence-corrected chi connectivity index (χ0v) is 17.6. The van der Waals surface area contributed by atoms with E-state index in [-0.39, 0.29) is 6.10 Å². The second-order valence-electron chi connectivity index (χ2n) is 7.40. The lowest BCUT2D eigenvalue weighted by molar-refractivity contribution is 0.0824. The minimum Gasteiger partial charge on any atom is -0.393 e. The highest BCUT2D eigenvalue weighted by Gasteiger charge is 2.16. The summed E-state index contributed by atoms with van der Waals surface area (Å²) in [7, 11) is 0. The van der Waals surface area contributed by atoms with Gasteiger partial charge in [0.1, 0.15) is 0 Å². The standard InChI is InChI=1S/C20H43N5O/c1-5-21-20(23-18(4)10-8-14-24(6-2)7-3)22-13-9-15-25-16-11-19(26)12-17-25/h18-19,26H,5-17H2,1-4H3,(H2,21,22,23). The van der Waals surface area contributed by atoms with E-state index in [4.69, 9.17) is 4.99 Å². The van der Waals surface area contributed by atoms with Crippen LogP contribution in [-0.2, 0) is 0 Å². The second-order valence-corrected chi connectivity index (χ2v) is 7.40. The molecule has 0 radical (unpaired) electrons. The Morgan fingerprint density at radius 2 is 1.88 bits per heavy atom. The zero-order valence-electron chi connectivity index (χ0n) is 17.6. The number of guanidine groups is 1. The van der Waals surface area contributed by atoms with E-state index >= 15 is 0 Å². The fourth-order valence-corrected chi connectivity index (χ4v) is 3.41. The van der Waals surface area contributed by atoms with Gasteiger partial charge in [-0.3, -0.25) is 4.99 Å². The topological polar surface area (TPSA) is 63.1 Å². The van der Waals surface area contributed by atoms with Gasteiger partial charge in [-0.1, -0.05) is 13.8 Å². The van der Waals surface area contributed by atoms with Crippen molar-refractivity contribution >= 4 is 5.96 Å². The van der Waals surface area contributed by atoms with Crippen LogP contribution in [0.4, 0.5) is 0 Å². The zero-order chi connectivity index (χ0) is 19.2. The highest BCUT2D eigenvalue weighted by Crippen LogP contribution is 2.09. The van der Waals surface area contributed by atoms with Gasteiger partial charge in [-0.05, 0) is 72.1 Å². The number of likely N-dealkylation sites (tertiary alicyclic amines) is 1. The van der Waals surface area contributed by atoms with Crippen molar-refractivity contribution in [2.45, 2.75) is 71.9 Å². The number of hydrogen-bond acceptors (Lipinski definition) is 4. The molecule has 0 aromatic rings. The maximum Gasteiger partial charge on any atom is 0.191 e. The van der Waals surface area contributed by atoms with Crippen molar-refractivity contribution in [3.8, 4) is 0 Å². The summed E-state index contributed by atoms with van der Waals surface area (Å²) in [6.07, 6.45) is 5.20. The van der Waals surface area contributed by atoms with Gasteiger partial charge in [0.25, 0.3) is 0 Å². The van der Waals surface area contributed by atoms with Gasteiger partial charge in [0.05, 0.1) is 6.10 Å². The first-order valence-corrected chi connectivity index (χ1v) is 10.8. The maximum absolute atomic E-state index is 9.57. The lowest BCUT2D eigenvalue weighted by Gasteiger charge is -2.29. The molecule has 1 aliphatic heterocycles. The molecular weight excluding hydrogens is 326 g/mol. The summed E-state index contributed by atoms with van der Waals surface area (Å²) in [4.78, 5) is 9.66. The Balaban J connectivity index is 2.24. The van der Waals surface area contributed by atoms with Gasteiger partial charge >= 0.3 is 0 Å². The first-order valence-electron chi connectivity index (χ1n) is 10.8. The van der Waals surface area contributed by atoms with Crippen molar-refractivity contribution in [2.24, 2.45) is 4.99 Å². The molecule has 6 nitrogen and oxygen atoms in total. The summed E-state index contributed by atoms with van der Waals surface area (Å²) in [5, 5.41) is 16.5. The number of rotatable bonds is 12. The first kappa shape index (κ1) is 23.2. The Hall–Kier alpha value is -0.850. The van der Waals surface area contributed by atoms with E-state index in [2.05, 4.69) is 48.1 Å². The Bertz CT molecular complexity index is 365. The molecule has 0 amide bonds. The Morgan fingerprint density at radius 1 is 1.19 bits per heavy atom. The predicted molar refractivity (Wildman–Crippen MR) is 112 cm³/mol. The van der Waals surface area contributed by atoms with Crippen LogP contribution in [0.5, 0.6) is 0 Å². The quantitative estimate of drug-likeness (QED) is 0.279. The van der Waals surface area contributed by atoms with Gasteiger partial charge in [-0.25, -0.2) is 0 Å². The van der Waals surface area contributed by atoms with Crippen molar-refractivity contribution in [3.63, 3.8) is 0 Å². The van der Waals surface area contributed by atoms with E-state index in [1.807, 2.05) is 0 Å². The maximum atomic E-state index is 9.57. The third-order valence-corrected chi connectivity index (χ3v) is 5.19. The number of hydrogen-bond donors (Lipinski definition) is 3. The van der Waals surface area contributed by atoms with Gasteiger partial charge in [0.2, 0.25) is 0 Å². The lowest BCUT2D eigenvalue weighted by Crippen LogP contribution is -2.42. The molecule has 0 spiro atoms. The molecule has 1 unspecified atom stereocenters. The van der Waals surface area contributed by atoms with Crippen LogP contribution in [0.3, 0.4) is 0 Å². The SMILES string of the molecule is CCNC(=NCCCN1CCC(O)CC1)NC(C)CCCN(CC)CC. The summed E-state index contributed by atoms with van der Waals surface area (Å²) in [5.74, 6) is 0.942. The molecule has 1 saturated heterocycles. The van der Waals surface area contributed by atoms with Crippen LogP contribution in [0, 0.1) is 0 Å². The molecule has 0 aliphatic carbocycles. The van der Waals surface area contributed by atoms with Gasteiger partial charge < -0.3 is 25.5 Å². The molecule has 3 N–H and O–H groups in total. The third kappa shape index (κ3) is 10.3. The molecular formula is C20H43N5O. The number of piperidine rings is 1. The van der Waals surface area contributed by atoms with E-state index in [0.29, 0.717) is 6.04 Å². The van der Waals surface area contributed by atoms with Gasteiger partial charge in [0.15, 0.2) is 5.96 Å². The Morgan fingerprint density at radius 3 is 2.50 bits per heavy atom. The molecule has 1 atom stereocenters. The van der Waals surface area contributed by atoms with E-state index in [1.165, 1.54) is 13.0 Å². The van der Waals surface area contributed by atoms with Gasteiger partial charge in [-0.15, -0.1) is 0 Å². The first-order chi connectivity index (χ1) is 12.6. The fourth-order valence-electron chi connectivity index (χ4n) is 3.41. The van der Waals surface area contributed by atoms with Crippen LogP contribution in [0.25, 0.3) is 0 Å². The van der Waals surface area contributed by atoms with Crippen molar-refractivity contribution in [2.75, 3.05) is 52.4 Å². The van der Waals surface area contributed by atoms with Crippen LogP contribution >= 0.6 is 0 Å². The Kier molecular flexibility index (Phi) is 12.7. The number of aliphatic hydroxyl groups excluding tert-OH is 1. The second kappa shape index (κ2) is 14.2. The van der Waals surface area contributed by atoms with E-state index < -0.39 is 0 Å². The monoisotopic (exact) mass is 369 g/mol. The van der Waals surface area contributed by atoms with Crippen molar-refractivity contribution in [1.29, 1.82) is 0 Å². The lowest BCUT2D eigenvalue weighted by atomic mass is 10.1. The van der Waals surface area contributed by atoms with Crippen LogP contribution in [-0.4, -0.2) is 85.4 Å². The number of aliphatic hydroxyl groups is 1. The van der Waals surface area contributed by atoms with Crippen molar-refractivity contribution < 1.29 is 5.11 Å². The molecule has 0 aromatic carbocycles. The predicted octanol–water partition coefficient (Wildman–Crippen LogP) is 1.90. The molecule has 0 saturated carbocycles. The van der Waals surface area contributed by atoms with Crippen LogP contribution in [0.2, 0.25) is 0 Å². The Labute approximate surface area is 161 Å². The molecule has 1 rings (SSSR count). The summed E-state index contributed by atoms with van der Waals surface area (Å²) in [6.45, 7) is 17.1. The molecule has 26 heavy (non-hydrogen) atoms. The molecule has 0 aromatic heterocycles. The largest absolute Gasteiger partial charge is 0.393 e. The van der Waals surface area contributed by atoms with Crippen molar-refractivity contribution in [1.82, 2.24) is 20.4 Å². The molecule has 1 fully saturated rings. The molecule has 1 aliphatic rings. The summed E-state index contributed by atoms with van der Waals surface area (Å²) in [6, 6.07) is 0.437. The van der Waals surface area contributed by atoms with Crippen LogP contribution in [0.15, 0.2) is 4.99 Å². The van der Waals surface area contributed by atoms with E-state index in [1.54, 1.807) is 0 Å². The minimum atomic E-state index is -0.0861. The molecule has 6 heteroatoms. The van der Waals surface area contributed by atoms with Gasteiger partial charge in [0, 0.05) is 32.2 Å². The summed E-state index contributed by atoms with van der Waals surface area (Å²) < 4.78 is 0. The molecule has 154 valence electrons. The summed E-state index contributed by atoms with van der Waals surface area (Å²) >= 11 is 0. The van der Waals surface area contributed by atoms with E-state index in [9.17, 15) is 5.11 Å². The average Bonchev–Trinajstić information content (AvgIpc) is 2.64. The fraction of sp³-hybridized carbons (Fsp3) is 0.950. The number of nitrogens with zero attached hydrogens (tertiary/aromatic N) is 3. The van der Waals surface area contributed by atoms with Crippen LogP contribution < -0.4 is 10.6 Å². The third-order valence-electron chi connectivity index (χ3n) is 5.19. The van der Waals surface area contributed by atoms with Gasteiger partial charge in [-0.2, -0.15) is 0 Å². The highest BCUT2D eigenvalue weighted by molar-refractivity contribution is 5.80. The van der Waals surface area contributed by atoms with Crippen LogP contribution in [0.1, 0.15) is 59.8 Å². The molecule has 0 bridgehead atoms. The number of nitrogens with one attached hydrogen (secondary N) is 2. The molecule has 1 heterocycles. The highest BCUT2D eigenvalue weighted by atomic mass is 16.3. The summed E-state index contributed by atoms with van der Waals surface area (Å²) in [5.41, 5.74) is 0. The normalized spacial score (nSPS) is 18.3. The minimum absolute atomic E-state index is 0.0861. The number of aliphatic imine (C=N–C) groups is 1. The van der Waals surface area contributed by atoms with Crippen molar-refractivity contribution in [3.05, 3.63) is 0 Å². The van der Waals surface area contributed by atoms with E-state index in [0.717, 1.165) is 77.5 Å². The smallest absolute Gasteiger partial charge is 0.191 e.